The predicted molar refractivity (Wildman–Crippen MR) is 65.5 cm³/mol. The minimum Gasteiger partial charge on any atom is -0.361 e. The lowest BCUT2D eigenvalue weighted by Crippen LogP contribution is -2.39. The molecule has 5 heteroatoms. The van der Waals surface area contributed by atoms with Crippen molar-refractivity contribution in [2.75, 3.05) is 6.54 Å². The van der Waals surface area contributed by atoms with Crippen molar-refractivity contribution in [1.29, 1.82) is 0 Å². The maximum absolute atomic E-state index is 11.5. The van der Waals surface area contributed by atoms with Crippen LogP contribution in [0.25, 0.3) is 0 Å². The van der Waals surface area contributed by atoms with E-state index in [1.54, 1.807) is 0 Å². The quantitative estimate of drug-likeness (QED) is 0.754. The Labute approximate surface area is 102 Å². The van der Waals surface area contributed by atoms with E-state index in [0.29, 0.717) is 13.1 Å². The molecule has 5 nitrogen and oxygen atoms in total. The van der Waals surface area contributed by atoms with Crippen molar-refractivity contribution in [2.24, 2.45) is 0 Å². The first-order chi connectivity index (χ1) is 8.15. The molecule has 0 aliphatic rings. The van der Waals surface area contributed by atoms with Crippen LogP contribution in [0.15, 0.2) is 10.6 Å². The molecule has 2 N–H and O–H groups in total. The molecule has 0 saturated carbocycles. The first kappa shape index (κ1) is 13.7. The third-order valence-electron chi connectivity index (χ3n) is 2.62. The summed E-state index contributed by atoms with van der Waals surface area (Å²) in [5.41, 5.74) is 0.817. The topological polar surface area (TPSA) is 67.2 Å². The molecule has 0 bridgehead atoms. The molecule has 0 fully saturated rings. The summed E-state index contributed by atoms with van der Waals surface area (Å²) in [7, 11) is 0. The van der Waals surface area contributed by atoms with E-state index in [4.69, 9.17) is 4.52 Å². The molecule has 0 atom stereocenters. The molecule has 0 saturated heterocycles. The maximum Gasteiger partial charge on any atom is 0.234 e. The van der Waals surface area contributed by atoms with Gasteiger partial charge in [0.05, 0.1) is 12.2 Å². The van der Waals surface area contributed by atoms with E-state index in [9.17, 15) is 4.79 Å². The predicted octanol–water partition coefficient (Wildman–Crippen LogP) is 1.38. The lowest BCUT2D eigenvalue weighted by atomic mass is 10.2. The Bertz CT molecular complexity index is 345. The zero-order valence-corrected chi connectivity index (χ0v) is 10.7. The zero-order chi connectivity index (χ0) is 12.7. The van der Waals surface area contributed by atoms with Crippen LogP contribution in [0.1, 0.15) is 38.1 Å². The van der Waals surface area contributed by atoms with Gasteiger partial charge in [0.2, 0.25) is 5.91 Å². The number of hydrogen-bond donors (Lipinski definition) is 2. The van der Waals surface area contributed by atoms with Gasteiger partial charge in [0, 0.05) is 18.7 Å². The van der Waals surface area contributed by atoms with Crippen LogP contribution in [-0.2, 0) is 11.3 Å². The number of carbonyl (C=O) groups is 1. The van der Waals surface area contributed by atoms with Gasteiger partial charge in [-0.25, -0.2) is 0 Å². The minimum atomic E-state index is 0.0268. The highest BCUT2D eigenvalue weighted by Gasteiger charge is 2.08. The smallest absolute Gasteiger partial charge is 0.234 e. The van der Waals surface area contributed by atoms with Crippen molar-refractivity contribution in [3.05, 3.63) is 17.5 Å². The Morgan fingerprint density at radius 3 is 2.71 bits per heavy atom. The van der Waals surface area contributed by atoms with Crippen molar-refractivity contribution >= 4 is 5.91 Å². The highest BCUT2D eigenvalue weighted by Crippen LogP contribution is 2.00. The van der Waals surface area contributed by atoms with Crippen LogP contribution in [0.4, 0.5) is 0 Å². The van der Waals surface area contributed by atoms with Crippen LogP contribution in [0.3, 0.4) is 0 Å². The fourth-order valence-electron chi connectivity index (χ4n) is 1.58. The second-order valence-corrected chi connectivity index (χ2v) is 4.11. The van der Waals surface area contributed by atoms with Gasteiger partial charge in [-0.15, -0.1) is 0 Å². The Hall–Kier alpha value is -1.36. The summed E-state index contributed by atoms with van der Waals surface area (Å²) in [6, 6.07) is 2.13. The van der Waals surface area contributed by atoms with Gasteiger partial charge in [-0.3, -0.25) is 4.79 Å². The summed E-state index contributed by atoms with van der Waals surface area (Å²) < 4.78 is 4.93. The summed E-state index contributed by atoms with van der Waals surface area (Å²) in [4.78, 5) is 11.5. The molecule has 96 valence electrons. The number of rotatable bonds is 7. The molecule has 0 aliphatic heterocycles. The molecule has 1 amide bonds. The molecule has 0 spiro atoms. The standard InChI is InChI=1S/C12H21N3O2/c1-4-10(5-2)14-12(16)8-13-7-11-6-9(3)17-15-11/h6,10,13H,4-5,7-8H2,1-3H3,(H,14,16). The summed E-state index contributed by atoms with van der Waals surface area (Å²) in [6.45, 7) is 6.84. The largest absolute Gasteiger partial charge is 0.361 e. The van der Waals surface area contributed by atoms with Gasteiger partial charge >= 0.3 is 0 Å². The number of aryl methyl sites for hydroxylation is 1. The van der Waals surface area contributed by atoms with E-state index in [2.05, 4.69) is 29.6 Å². The molecular formula is C12H21N3O2. The van der Waals surface area contributed by atoms with E-state index < -0.39 is 0 Å². The number of amides is 1. The molecule has 1 heterocycles. The van der Waals surface area contributed by atoms with Crippen molar-refractivity contribution < 1.29 is 9.32 Å². The molecule has 0 aliphatic carbocycles. The Morgan fingerprint density at radius 2 is 2.18 bits per heavy atom. The first-order valence-electron chi connectivity index (χ1n) is 6.08. The van der Waals surface area contributed by atoms with Gasteiger partial charge in [0.1, 0.15) is 5.76 Å². The second-order valence-electron chi connectivity index (χ2n) is 4.11. The molecule has 0 radical (unpaired) electrons. The van der Waals surface area contributed by atoms with E-state index in [-0.39, 0.29) is 11.9 Å². The minimum absolute atomic E-state index is 0.0268. The summed E-state index contributed by atoms with van der Waals surface area (Å²) in [5.74, 6) is 0.808. The van der Waals surface area contributed by atoms with E-state index in [0.717, 1.165) is 24.3 Å². The highest BCUT2D eigenvalue weighted by atomic mass is 16.5. The van der Waals surface area contributed by atoms with Crippen LogP contribution in [0.2, 0.25) is 0 Å². The lowest BCUT2D eigenvalue weighted by molar-refractivity contribution is -0.121. The summed E-state index contributed by atoms with van der Waals surface area (Å²) >= 11 is 0. The van der Waals surface area contributed by atoms with Gasteiger partial charge in [-0.2, -0.15) is 0 Å². The number of nitrogens with zero attached hydrogens (tertiary/aromatic N) is 1. The third-order valence-corrected chi connectivity index (χ3v) is 2.62. The molecule has 1 rings (SSSR count). The van der Waals surface area contributed by atoms with Crippen LogP contribution in [0.5, 0.6) is 0 Å². The van der Waals surface area contributed by atoms with Crippen molar-refractivity contribution in [3.8, 4) is 0 Å². The normalized spacial score (nSPS) is 10.8. The monoisotopic (exact) mass is 239 g/mol. The van der Waals surface area contributed by atoms with Crippen LogP contribution >= 0.6 is 0 Å². The van der Waals surface area contributed by atoms with Crippen molar-refractivity contribution in [2.45, 2.75) is 46.2 Å². The molecule has 17 heavy (non-hydrogen) atoms. The Morgan fingerprint density at radius 1 is 1.47 bits per heavy atom. The molecule has 0 unspecified atom stereocenters. The van der Waals surface area contributed by atoms with Crippen LogP contribution < -0.4 is 10.6 Å². The molecule has 1 aromatic rings. The number of nitrogens with one attached hydrogen (secondary N) is 2. The molecule has 0 aromatic carbocycles. The number of carbonyl (C=O) groups excluding carboxylic acids is 1. The first-order valence-corrected chi connectivity index (χ1v) is 6.08. The number of aromatic nitrogens is 1. The van der Waals surface area contributed by atoms with Gasteiger partial charge in [0.25, 0.3) is 0 Å². The van der Waals surface area contributed by atoms with Gasteiger partial charge in [0.15, 0.2) is 0 Å². The Kier molecular flexibility index (Phi) is 5.69. The highest BCUT2D eigenvalue weighted by molar-refractivity contribution is 5.78. The lowest BCUT2D eigenvalue weighted by Gasteiger charge is -2.14. The average Bonchev–Trinajstić information content (AvgIpc) is 2.72. The van der Waals surface area contributed by atoms with Crippen LogP contribution in [0, 0.1) is 6.92 Å². The molecule has 1 aromatic heterocycles. The summed E-state index contributed by atoms with van der Waals surface area (Å²) in [5, 5.41) is 9.83. The van der Waals surface area contributed by atoms with Crippen molar-refractivity contribution in [1.82, 2.24) is 15.8 Å². The summed E-state index contributed by atoms with van der Waals surface area (Å²) in [6.07, 6.45) is 1.93. The van der Waals surface area contributed by atoms with Gasteiger partial charge < -0.3 is 15.2 Å². The van der Waals surface area contributed by atoms with Gasteiger partial charge in [-0.05, 0) is 19.8 Å². The average molecular weight is 239 g/mol. The Balaban J connectivity index is 2.20. The fourth-order valence-corrected chi connectivity index (χ4v) is 1.58. The van der Waals surface area contributed by atoms with Gasteiger partial charge in [-0.1, -0.05) is 19.0 Å². The van der Waals surface area contributed by atoms with E-state index >= 15 is 0 Å². The molecular weight excluding hydrogens is 218 g/mol. The third kappa shape index (κ3) is 4.99. The number of hydrogen-bond acceptors (Lipinski definition) is 4. The SMILES string of the molecule is CCC(CC)NC(=O)CNCc1cc(C)on1. The van der Waals surface area contributed by atoms with E-state index in [1.807, 2.05) is 13.0 Å². The van der Waals surface area contributed by atoms with Crippen molar-refractivity contribution in [3.63, 3.8) is 0 Å². The fraction of sp³-hybridized carbons (Fsp3) is 0.667. The van der Waals surface area contributed by atoms with Crippen LogP contribution in [-0.4, -0.2) is 23.7 Å². The maximum atomic E-state index is 11.5. The second kappa shape index (κ2) is 7.06. The van der Waals surface area contributed by atoms with E-state index in [1.165, 1.54) is 0 Å². The zero-order valence-electron chi connectivity index (χ0n) is 10.7.